The predicted octanol–water partition coefficient (Wildman–Crippen LogP) is 4.99. The number of nitrogens with two attached hydrogens (primary N) is 1. The molecule has 1 atom stereocenters. The van der Waals surface area contributed by atoms with Crippen molar-refractivity contribution in [2.45, 2.75) is 18.0 Å². The molecule has 0 radical (unpaired) electrons. The summed E-state index contributed by atoms with van der Waals surface area (Å²) in [5.74, 6) is -1.28. The van der Waals surface area contributed by atoms with Crippen LogP contribution < -0.4 is 15.2 Å². The summed E-state index contributed by atoms with van der Waals surface area (Å²) in [6.07, 6.45) is -3.12. The maximum absolute atomic E-state index is 12.6. The SMILES string of the molecule is CCS(=O)(=O)c1ccc(-c2cc3cc(-c4cnc(OC)c(NS(=O)CC(F)(F)F)c4)ccc3nc2N)cc1. The van der Waals surface area contributed by atoms with E-state index in [4.69, 9.17) is 10.5 Å². The van der Waals surface area contributed by atoms with Crippen molar-refractivity contribution in [2.75, 3.05) is 29.1 Å². The minimum Gasteiger partial charge on any atom is -0.480 e. The molecule has 0 aliphatic carbocycles. The molecule has 2 aromatic heterocycles. The fourth-order valence-electron chi connectivity index (χ4n) is 3.76. The maximum Gasteiger partial charge on any atom is 0.402 e. The van der Waals surface area contributed by atoms with Gasteiger partial charge in [0.25, 0.3) is 0 Å². The van der Waals surface area contributed by atoms with Crippen LogP contribution in [0.3, 0.4) is 0 Å². The van der Waals surface area contributed by atoms with E-state index in [9.17, 15) is 25.8 Å². The lowest BCUT2D eigenvalue weighted by Crippen LogP contribution is -2.23. The monoisotopic (exact) mass is 564 g/mol. The molecule has 0 bridgehead atoms. The third-order valence-corrected chi connectivity index (χ3v) is 8.43. The number of nitrogens with one attached hydrogen (secondary N) is 1. The Morgan fingerprint density at radius 1 is 1.03 bits per heavy atom. The molecule has 4 aromatic rings. The summed E-state index contributed by atoms with van der Waals surface area (Å²) in [7, 11) is -4.47. The molecule has 200 valence electrons. The van der Waals surface area contributed by atoms with Crippen LogP contribution >= 0.6 is 0 Å². The number of hydrogen-bond donors (Lipinski definition) is 2. The number of halogens is 3. The summed E-state index contributed by atoms with van der Waals surface area (Å²) in [4.78, 5) is 8.80. The van der Waals surface area contributed by atoms with Gasteiger partial charge in [0.1, 0.15) is 28.2 Å². The molecule has 0 aliphatic rings. The molecular weight excluding hydrogens is 541 g/mol. The van der Waals surface area contributed by atoms with Crippen LogP contribution in [0.25, 0.3) is 33.2 Å². The van der Waals surface area contributed by atoms with Gasteiger partial charge in [0.05, 0.1) is 23.3 Å². The fraction of sp³-hybridized carbons (Fsp3) is 0.200. The number of rotatable bonds is 8. The quantitative estimate of drug-likeness (QED) is 0.309. The Morgan fingerprint density at radius 2 is 1.71 bits per heavy atom. The average Bonchev–Trinajstić information content (AvgIpc) is 2.87. The summed E-state index contributed by atoms with van der Waals surface area (Å²) in [5.41, 5.74) is 9.33. The third kappa shape index (κ3) is 6.05. The van der Waals surface area contributed by atoms with Crippen LogP contribution in [-0.2, 0) is 20.8 Å². The summed E-state index contributed by atoms with van der Waals surface area (Å²) in [6, 6.07) is 15.0. The van der Waals surface area contributed by atoms with E-state index >= 15 is 0 Å². The van der Waals surface area contributed by atoms with Gasteiger partial charge in [-0.05, 0) is 47.5 Å². The summed E-state index contributed by atoms with van der Waals surface area (Å²) >= 11 is 0. The summed E-state index contributed by atoms with van der Waals surface area (Å²) in [6.45, 7) is 1.57. The van der Waals surface area contributed by atoms with Crippen LogP contribution in [0, 0.1) is 0 Å². The maximum atomic E-state index is 12.6. The van der Waals surface area contributed by atoms with Crippen LogP contribution in [0.15, 0.2) is 65.7 Å². The number of nitrogens with zero attached hydrogens (tertiary/aromatic N) is 2. The molecule has 0 amide bonds. The number of anilines is 2. The first kappa shape index (κ1) is 27.3. The van der Waals surface area contributed by atoms with Crippen molar-refractivity contribution in [3.05, 3.63) is 60.8 Å². The van der Waals surface area contributed by atoms with Crippen LogP contribution in [0.4, 0.5) is 24.7 Å². The number of aromatic nitrogens is 2. The predicted molar refractivity (Wildman–Crippen MR) is 142 cm³/mol. The first-order valence-electron chi connectivity index (χ1n) is 11.2. The van der Waals surface area contributed by atoms with Gasteiger partial charge in [-0.15, -0.1) is 0 Å². The Morgan fingerprint density at radius 3 is 2.34 bits per heavy atom. The van der Waals surface area contributed by atoms with Gasteiger partial charge in [-0.2, -0.15) is 13.2 Å². The normalized spacial score (nSPS) is 12.9. The van der Waals surface area contributed by atoms with Crippen molar-refractivity contribution in [1.82, 2.24) is 9.97 Å². The lowest BCUT2D eigenvalue weighted by Gasteiger charge is -2.13. The highest BCUT2D eigenvalue weighted by atomic mass is 32.2. The third-order valence-electron chi connectivity index (χ3n) is 5.65. The minimum atomic E-state index is -4.61. The first-order valence-corrected chi connectivity index (χ1v) is 14.2. The number of benzene rings is 2. The molecule has 13 heteroatoms. The Balaban J connectivity index is 1.71. The average molecular weight is 565 g/mol. The smallest absolute Gasteiger partial charge is 0.402 e. The Bertz CT molecular complexity index is 1630. The molecule has 0 saturated heterocycles. The lowest BCUT2D eigenvalue weighted by atomic mass is 10.0. The second-order valence-corrected chi connectivity index (χ2v) is 11.7. The van der Waals surface area contributed by atoms with Gasteiger partial charge in [-0.1, -0.05) is 25.1 Å². The highest BCUT2D eigenvalue weighted by Crippen LogP contribution is 2.33. The van der Waals surface area contributed by atoms with Crippen LogP contribution in [0.5, 0.6) is 5.88 Å². The molecule has 3 N–H and O–H groups in total. The molecule has 4 rings (SSSR count). The number of nitrogen functional groups attached to an aromatic ring is 1. The molecule has 8 nitrogen and oxygen atoms in total. The Kier molecular flexibility index (Phi) is 7.61. The van der Waals surface area contributed by atoms with E-state index in [0.717, 1.165) is 0 Å². The highest BCUT2D eigenvalue weighted by molar-refractivity contribution is 7.91. The molecule has 0 saturated carbocycles. The van der Waals surface area contributed by atoms with E-state index in [2.05, 4.69) is 14.7 Å². The molecule has 38 heavy (non-hydrogen) atoms. The van der Waals surface area contributed by atoms with Crippen LogP contribution in [0.2, 0.25) is 0 Å². The topological polar surface area (TPSA) is 124 Å². The number of ether oxygens (including phenoxy) is 1. The Labute approximate surface area is 219 Å². The van der Waals surface area contributed by atoms with Crippen molar-refractivity contribution < 1.29 is 30.5 Å². The second-order valence-electron chi connectivity index (χ2n) is 8.24. The number of hydrogen-bond acceptors (Lipinski definition) is 7. The van der Waals surface area contributed by atoms with E-state index in [1.807, 2.05) is 6.07 Å². The van der Waals surface area contributed by atoms with E-state index in [1.165, 1.54) is 31.5 Å². The molecular formula is C25H23F3N4O4S2. The fourth-order valence-corrected chi connectivity index (χ4v) is 5.41. The summed E-state index contributed by atoms with van der Waals surface area (Å²) < 4.78 is 81.5. The molecule has 2 aromatic carbocycles. The number of alkyl halides is 3. The second kappa shape index (κ2) is 10.6. The highest BCUT2D eigenvalue weighted by Gasteiger charge is 2.31. The molecule has 0 spiro atoms. The van der Waals surface area contributed by atoms with Gasteiger partial charge < -0.3 is 10.5 Å². The van der Waals surface area contributed by atoms with Crippen molar-refractivity contribution >= 4 is 43.2 Å². The van der Waals surface area contributed by atoms with E-state index in [0.29, 0.717) is 33.2 Å². The van der Waals surface area contributed by atoms with Crippen molar-refractivity contribution in [1.29, 1.82) is 0 Å². The minimum absolute atomic E-state index is 0.00433. The van der Waals surface area contributed by atoms with Gasteiger partial charge in [-0.3, -0.25) is 4.72 Å². The zero-order chi connectivity index (χ0) is 27.7. The Hall–Kier alpha value is -3.71. The zero-order valence-corrected chi connectivity index (χ0v) is 21.9. The number of sulfone groups is 1. The van der Waals surface area contributed by atoms with Gasteiger partial charge >= 0.3 is 6.18 Å². The van der Waals surface area contributed by atoms with Gasteiger partial charge in [0.15, 0.2) is 9.84 Å². The van der Waals surface area contributed by atoms with Crippen molar-refractivity contribution in [2.24, 2.45) is 0 Å². The lowest BCUT2D eigenvalue weighted by molar-refractivity contribution is -0.105. The molecule has 2 heterocycles. The zero-order valence-electron chi connectivity index (χ0n) is 20.2. The van der Waals surface area contributed by atoms with Crippen molar-refractivity contribution in [3.63, 3.8) is 0 Å². The molecule has 1 unspecified atom stereocenters. The van der Waals surface area contributed by atoms with E-state index in [1.54, 1.807) is 37.3 Å². The largest absolute Gasteiger partial charge is 0.480 e. The molecule has 0 aliphatic heterocycles. The van der Waals surface area contributed by atoms with Crippen molar-refractivity contribution in [3.8, 4) is 28.1 Å². The van der Waals surface area contributed by atoms with Crippen LogP contribution in [-0.4, -0.2) is 47.4 Å². The standard InChI is InChI=1S/C25H23F3N4O4S2/c1-3-38(34,35)19-7-4-15(5-8-19)20-11-17-10-16(6-9-21(17)31-23(20)29)18-12-22(24(36-2)30-13-18)32-37(33)14-25(26,27)28/h4-13,32H,3,14H2,1-2H3,(H2,29,31). The van der Waals surface area contributed by atoms with Gasteiger partial charge in [-0.25, -0.2) is 22.6 Å². The molecule has 0 fully saturated rings. The van der Waals surface area contributed by atoms with Gasteiger partial charge in [0, 0.05) is 22.7 Å². The number of fused-ring (bicyclic) bond motifs is 1. The van der Waals surface area contributed by atoms with Crippen LogP contribution in [0.1, 0.15) is 6.92 Å². The number of pyridine rings is 2. The van der Waals surface area contributed by atoms with E-state index < -0.39 is 32.8 Å². The van der Waals surface area contributed by atoms with E-state index in [-0.39, 0.29) is 28.0 Å². The summed E-state index contributed by atoms with van der Waals surface area (Å²) in [5, 5.41) is 0.711. The van der Waals surface area contributed by atoms with Gasteiger partial charge in [0.2, 0.25) is 5.88 Å². The number of methoxy groups -OCH3 is 1. The first-order chi connectivity index (χ1) is 17.9.